The van der Waals surface area contributed by atoms with Crippen LogP contribution in [0.4, 0.5) is 11.4 Å². The van der Waals surface area contributed by atoms with Gasteiger partial charge < -0.3 is 5.32 Å². The monoisotopic (exact) mass is 449 g/mol. The molecular weight excluding hydrogens is 426 g/mol. The topological polar surface area (TPSA) is 113 Å². The van der Waals surface area contributed by atoms with Crippen LogP contribution in [0.3, 0.4) is 0 Å². The number of piperidine rings is 1. The van der Waals surface area contributed by atoms with Gasteiger partial charge in [0.1, 0.15) is 0 Å². The maximum atomic E-state index is 12.8. The zero-order valence-electron chi connectivity index (χ0n) is 16.5. The third kappa shape index (κ3) is 4.07. The molecule has 4 rings (SSSR count). The van der Waals surface area contributed by atoms with Gasteiger partial charge in [-0.2, -0.15) is 4.31 Å². The van der Waals surface area contributed by atoms with E-state index in [-0.39, 0.29) is 27.8 Å². The highest BCUT2D eigenvalue weighted by atomic mass is 32.2. The Bertz CT molecular complexity index is 1190. The first-order chi connectivity index (χ1) is 14.1. The number of nitrogens with zero attached hydrogens (tertiary/aromatic N) is 1. The molecule has 2 N–H and O–H groups in total. The van der Waals surface area contributed by atoms with Crippen molar-refractivity contribution in [2.45, 2.75) is 36.0 Å². The Morgan fingerprint density at radius 2 is 1.73 bits per heavy atom. The molecule has 1 amide bonds. The molecule has 0 aliphatic carbocycles. The lowest BCUT2D eigenvalue weighted by atomic mass is 10.0. The molecule has 1 unspecified atom stereocenters. The van der Waals surface area contributed by atoms with Crippen LogP contribution in [-0.4, -0.2) is 40.1 Å². The van der Waals surface area contributed by atoms with Crippen LogP contribution in [0.2, 0.25) is 0 Å². The van der Waals surface area contributed by atoms with Gasteiger partial charge in [0.15, 0.2) is 0 Å². The summed E-state index contributed by atoms with van der Waals surface area (Å²) in [5.74, 6) is 0.143. The normalized spacial score (nSPS) is 19.9. The lowest BCUT2D eigenvalue weighted by Gasteiger charge is -2.30. The van der Waals surface area contributed by atoms with Crippen LogP contribution < -0.4 is 10.0 Å². The summed E-state index contributed by atoms with van der Waals surface area (Å²) in [6.07, 6.45) is 1.99. The fourth-order valence-corrected chi connectivity index (χ4v) is 6.50. The van der Waals surface area contributed by atoms with E-state index < -0.39 is 20.0 Å². The smallest absolute Gasteiger partial charge is 0.261 e. The number of hydrogen-bond acceptors (Lipinski definition) is 5. The maximum Gasteiger partial charge on any atom is 0.261 e. The third-order valence-corrected chi connectivity index (χ3v) is 8.63. The van der Waals surface area contributed by atoms with Crippen molar-refractivity contribution < 1.29 is 21.6 Å². The van der Waals surface area contributed by atoms with E-state index in [2.05, 4.69) is 10.0 Å². The number of anilines is 2. The molecule has 0 radical (unpaired) electrons. The number of benzene rings is 2. The Morgan fingerprint density at radius 3 is 2.43 bits per heavy atom. The molecule has 2 aromatic carbocycles. The minimum atomic E-state index is -3.88. The third-order valence-electron chi connectivity index (χ3n) is 5.38. The summed E-state index contributed by atoms with van der Waals surface area (Å²) >= 11 is 0. The molecule has 0 bridgehead atoms. The number of fused-ring (bicyclic) bond motifs is 1. The van der Waals surface area contributed by atoms with Crippen molar-refractivity contribution in [3.8, 4) is 0 Å². The molecule has 0 spiro atoms. The maximum absolute atomic E-state index is 12.8. The van der Waals surface area contributed by atoms with Crippen molar-refractivity contribution in [2.24, 2.45) is 5.92 Å². The molecule has 2 heterocycles. The number of carbonyl (C=O) groups excluding carboxylic acids is 1. The van der Waals surface area contributed by atoms with Crippen LogP contribution in [0, 0.1) is 5.92 Å². The SMILES string of the molecule is CC1CCCN(S(=O)(=O)c2ccc(NS(=O)(=O)c3ccc4c(c3)CC(=O)N4)cc2)C1. The van der Waals surface area contributed by atoms with Gasteiger partial charge in [-0.1, -0.05) is 6.92 Å². The average Bonchev–Trinajstić information content (AvgIpc) is 3.07. The molecule has 8 nitrogen and oxygen atoms in total. The summed E-state index contributed by atoms with van der Waals surface area (Å²) in [5, 5.41) is 2.66. The van der Waals surface area contributed by atoms with Crippen molar-refractivity contribution in [1.82, 2.24) is 4.31 Å². The van der Waals surface area contributed by atoms with E-state index in [0.29, 0.717) is 30.3 Å². The molecule has 10 heteroatoms. The zero-order valence-corrected chi connectivity index (χ0v) is 18.1. The fourth-order valence-electron chi connectivity index (χ4n) is 3.80. The lowest BCUT2D eigenvalue weighted by Crippen LogP contribution is -2.39. The first kappa shape index (κ1) is 20.8. The van der Waals surface area contributed by atoms with Gasteiger partial charge in [-0.25, -0.2) is 16.8 Å². The number of nitrogens with one attached hydrogen (secondary N) is 2. The Balaban J connectivity index is 1.52. The Kier molecular flexibility index (Phi) is 5.33. The number of amides is 1. The molecule has 30 heavy (non-hydrogen) atoms. The number of hydrogen-bond donors (Lipinski definition) is 2. The second-order valence-electron chi connectivity index (χ2n) is 7.78. The van der Waals surface area contributed by atoms with E-state index in [4.69, 9.17) is 0 Å². The molecular formula is C20H23N3O5S2. The number of sulfonamides is 2. The highest BCUT2D eigenvalue weighted by molar-refractivity contribution is 7.92. The molecule has 1 saturated heterocycles. The molecule has 2 aliphatic rings. The van der Waals surface area contributed by atoms with Crippen molar-refractivity contribution in [3.63, 3.8) is 0 Å². The standard InChI is InChI=1S/C20H23N3O5S2/c1-14-3-2-10-23(13-14)30(27,28)17-6-4-16(5-7-17)22-29(25,26)18-8-9-19-15(11-18)12-20(24)21-19/h4-9,11,14,22H,2-3,10,12-13H2,1H3,(H,21,24). The highest BCUT2D eigenvalue weighted by Gasteiger charge is 2.28. The van der Waals surface area contributed by atoms with Crippen molar-refractivity contribution in [3.05, 3.63) is 48.0 Å². The van der Waals surface area contributed by atoms with E-state index in [0.717, 1.165) is 12.8 Å². The van der Waals surface area contributed by atoms with E-state index in [1.54, 1.807) is 6.07 Å². The second-order valence-corrected chi connectivity index (χ2v) is 11.4. The minimum absolute atomic E-state index is 0.0387. The Labute approximate surface area is 176 Å². The van der Waals surface area contributed by atoms with Gasteiger partial charge in [0, 0.05) is 24.5 Å². The van der Waals surface area contributed by atoms with Crippen LogP contribution in [0.5, 0.6) is 0 Å². The van der Waals surface area contributed by atoms with Gasteiger partial charge in [0.25, 0.3) is 10.0 Å². The van der Waals surface area contributed by atoms with Crippen molar-refractivity contribution in [2.75, 3.05) is 23.1 Å². The summed E-state index contributed by atoms with van der Waals surface area (Å²) in [6, 6.07) is 10.2. The fraction of sp³-hybridized carbons (Fsp3) is 0.350. The van der Waals surface area contributed by atoms with Crippen molar-refractivity contribution >= 4 is 37.3 Å². The Hall–Kier alpha value is -2.43. The predicted molar refractivity (Wildman–Crippen MR) is 113 cm³/mol. The van der Waals surface area contributed by atoms with Gasteiger partial charge in [0.05, 0.1) is 16.2 Å². The first-order valence-corrected chi connectivity index (χ1v) is 12.6. The summed E-state index contributed by atoms with van der Waals surface area (Å²) in [5.41, 5.74) is 1.50. The largest absolute Gasteiger partial charge is 0.326 e. The molecule has 2 aliphatic heterocycles. The van der Waals surface area contributed by atoms with Gasteiger partial charge >= 0.3 is 0 Å². The van der Waals surface area contributed by atoms with Crippen LogP contribution >= 0.6 is 0 Å². The van der Waals surface area contributed by atoms with Gasteiger partial charge in [0.2, 0.25) is 15.9 Å². The second kappa shape index (κ2) is 7.68. The number of rotatable bonds is 5. The van der Waals surface area contributed by atoms with Gasteiger partial charge in [-0.15, -0.1) is 0 Å². The molecule has 2 aromatic rings. The molecule has 1 fully saturated rings. The lowest BCUT2D eigenvalue weighted by molar-refractivity contribution is -0.115. The van der Waals surface area contributed by atoms with E-state index >= 15 is 0 Å². The van der Waals surface area contributed by atoms with Crippen molar-refractivity contribution in [1.29, 1.82) is 0 Å². The summed E-state index contributed by atoms with van der Waals surface area (Å²) < 4.78 is 55.0. The Morgan fingerprint density at radius 1 is 1.03 bits per heavy atom. The molecule has 0 aromatic heterocycles. The average molecular weight is 450 g/mol. The minimum Gasteiger partial charge on any atom is -0.326 e. The first-order valence-electron chi connectivity index (χ1n) is 9.71. The van der Waals surface area contributed by atoms with Crippen LogP contribution in [0.25, 0.3) is 0 Å². The molecule has 0 saturated carbocycles. The summed E-state index contributed by atoms with van der Waals surface area (Å²) in [4.78, 5) is 11.6. The molecule has 1 atom stereocenters. The van der Waals surface area contributed by atoms with Gasteiger partial charge in [-0.3, -0.25) is 9.52 Å². The van der Waals surface area contributed by atoms with Crippen LogP contribution in [0.15, 0.2) is 52.3 Å². The summed E-state index contributed by atoms with van der Waals surface area (Å²) in [6.45, 7) is 3.02. The molecule has 160 valence electrons. The quantitative estimate of drug-likeness (QED) is 0.728. The highest BCUT2D eigenvalue weighted by Crippen LogP contribution is 2.28. The number of carbonyl (C=O) groups is 1. The van der Waals surface area contributed by atoms with Crippen LogP contribution in [0.1, 0.15) is 25.3 Å². The van der Waals surface area contributed by atoms with Crippen LogP contribution in [-0.2, 0) is 31.3 Å². The van der Waals surface area contributed by atoms with E-state index in [1.165, 1.54) is 40.7 Å². The van der Waals surface area contributed by atoms with Gasteiger partial charge in [-0.05, 0) is 66.8 Å². The summed E-state index contributed by atoms with van der Waals surface area (Å²) in [7, 11) is -7.48. The van der Waals surface area contributed by atoms with E-state index in [1.807, 2.05) is 6.92 Å². The zero-order chi connectivity index (χ0) is 21.5. The predicted octanol–water partition coefficient (Wildman–Crippen LogP) is 2.40. The van der Waals surface area contributed by atoms with E-state index in [9.17, 15) is 21.6 Å².